The third-order valence-corrected chi connectivity index (χ3v) is 6.46. The number of sulfonamides is 1. The second-order valence-corrected chi connectivity index (χ2v) is 8.05. The van der Waals surface area contributed by atoms with Gasteiger partial charge in [0.15, 0.2) is 0 Å². The summed E-state index contributed by atoms with van der Waals surface area (Å²) in [6.07, 6.45) is 1.91. The molecule has 1 aromatic rings. The van der Waals surface area contributed by atoms with Crippen LogP contribution in [-0.2, 0) is 21.9 Å². The van der Waals surface area contributed by atoms with Gasteiger partial charge in [-0.15, -0.1) is 0 Å². The standard InChI is InChI=1S/C15H25N3O4S/c1-11-15(12(2)17(3)16-11)23(21,22)18-9-8-13(19)6-4-5-7-14(20)10-18/h14,20H,4-10H2,1-3H3. The van der Waals surface area contributed by atoms with Crippen LogP contribution in [0.3, 0.4) is 0 Å². The van der Waals surface area contributed by atoms with E-state index in [1.807, 2.05) is 0 Å². The molecule has 7 nitrogen and oxygen atoms in total. The van der Waals surface area contributed by atoms with Crippen molar-refractivity contribution in [2.45, 2.75) is 57.0 Å². The predicted molar refractivity (Wildman–Crippen MR) is 85.5 cm³/mol. The van der Waals surface area contributed by atoms with Gasteiger partial charge >= 0.3 is 0 Å². The molecule has 1 unspecified atom stereocenters. The van der Waals surface area contributed by atoms with Crippen molar-refractivity contribution in [3.05, 3.63) is 11.4 Å². The van der Waals surface area contributed by atoms with Crippen molar-refractivity contribution in [2.24, 2.45) is 7.05 Å². The average molecular weight is 343 g/mol. The molecule has 1 atom stereocenters. The summed E-state index contributed by atoms with van der Waals surface area (Å²) in [5.41, 5.74) is 0.989. The lowest BCUT2D eigenvalue weighted by atomic mass is 10.1. The number of rotatable bonds is 2. The molecule has 0 aliphatic carbocycles. The van der Waals surface area contributed by atoms with Gasteiger partial charge in [0.2, 0.25) is 10.0 Å². The summed E-state index contributed by atoms with van der Waals surface area (Å²) >= 11 is 0. The van der Waals surface area contributed by atoms with E-state index >= 15 is 0 Å². The Labute approximate surface area is 137 Å². The molecule has 0 saturated carbocycles. The van der Waals surface area contributed by atoms with Gasteiger partial charge in [-0.3, -0.25) is 9.48 Å². The summed E-state index contributed by atoms with van der Waals surface area (Å²) in [5.74, 6) is 0.0706. The van der Waals surface area contributed by atoms with Crippen molar-refractivity contribution in [3.8, 4) is 0 Å². The molecule has 0 spiro atoms. The number of aliphatic hydroxyl groups excluding tert-OH is 1. The molecular weight excluding hydrogens is 318 g/mol. The monoisotopic (exact) mass is 343 g/mol. The van der Waals surface area contributed by atoms with Gasteiger partial charge in [0.1, 0.15) is 10.7 Å². The quantitative estimate of drug-likeness (QED) is 0.862. The molecule has 1 fully saturated rings. The van der Waals surface area contributed by atoms with Gasteiger partial charge in [-0.05, 0) is 26.7 Å². The van der Waals surface area contributed by atoms with Gasteiger partial charge in [0.25, 0.3) is 0 Å². The number of aromatic nitrogens is 2. The van der Waals surface area contributed by atoms with Crippen molar-refractivity contribution >= 4 is 15.8 Å². The first kappa shape index (κ1) is 18.1. The second-order valence-electron chi connectivity index (χ2n) is 6.17. The van der Waals surface area contributed by atoms with E-state index in [-0.39, 0.29) is 30.2 Å². The lowest BCUT2D eigenvalue weighted by Crippen LogP contribution is -2.39. The molecule has 1 aromatic heterocycles. The highest BCUT2D eigenvalue weighted by Crippen LogP contribution is 2.24. The molecule has 0 amide bonds. The van der Waals surface area contributed by atoms with Gasteiger partial charge < -0.3 is 5.11 Å². The number of hydrogen-bond acceptors (Lipinski definition) is 5. The van der Waals surface area contributed by atoms with E-state index in [0.717, 1.165) is 12.8 Å². The number of Topliss-reactive ketones (excluding diaryl/α,β-unsaturated/α-hetero) is 1. The zero-order valence-corrected chi connectivity index (χ0v) is 14.8. The van der Waals surface area contributed by atoms with Gasteiger partial charge in [0, 0.05) is 33.0 Å². The van der Waals surface area contributed by atoms with Crippen LogP contribution >= 0.6 is 0 Å². The van der Waals surface area contributed by atoms with Crippen LogP contribution in [0.25, 0.3) is 0 Å². The van der Waals surface area contributed by atoms with Crippen LogP contribution in [0, 0.1) is 13.8 Å². The molecule has 2 rings (SSSR count). The molecule has 1 N–H and O–H groups in total. The first-order valence-corrected chi connectivity index (χ1v) is 9.37. The molecule has 0 radical (unpaired) electrons. The molecule has 8 heteroatoms. The minimum absolute atomic E-state index is 0.0172. The third-order valence-electron chi connectivity index (χ3n) is 4.34. The molecule has 0 aromatic carbocycles. The Hall–Kier alpha value is -1.25. The molecule has 1 aliphatic rings. The molecule has 1 saturated heterocycles. The molecule has 130 valence electrons. The highest BCUT2D eigenvalue weighted by molar-refractivity contribution is 7.89. The van der Waals surface area contributed by atoms with Crippen molar-refractivity contribution in [3.63, 3.8) is 0 Å². The summed E-state index contributed by atoms with van der Waals surface area (Å²) in [4.78, 5) is 12.0. The minimum Gasteiger partial charge on any atom is -0.392 e. The maximum absolute atomic E-state index is 13.0. The Morgan fingerprint density at radius 3 is 2.52 bits per heavy atom. The van der Waals surface area contributed by atoms with Gasteiger partial charge in [0.05, 0.1) is 17.5 Å². The van der Waals surface area contributed by atoms with Gasteiger partial charge in [-0.25, -0.2) is 8.42 Å². The summed E-state index contributed by atoms with van der Waals surface area (Å²) in [7, 11) is -2.09. The van der Waals surface area contributed by atoms with Crippen molar-refractivity contribution < 1.29 is 18.3 Å². The van der Waals surface area contributed by atoms with Crippen LogP contribution in [0.1, 0.15) is 43.5 Å². The van der Waals surface area contributed by atoms with Gasteiger partial charge in [-0.1, -0.05) is 6.42 Å². The SMILES string of the molecule is Cc1nn(C)c(C)c1S(=O)(=O)N1CCC(=O)CCCCC(O)C1. The molecule has 23 heavy (non-hydrogen) atoms. The van der Waals surface area contributed by atoms with Gasteiger partial charge in [-0.2, -0.15) is 9.40 Å². The van der Waals surface area contributed by atoms with Crippen LogP contribution in [0.2, 0.25) is 0 Å². The maximum atomic E-state index is 13.0. The smallest absolute Gasteiger partial charge is 0.246 e. The van der Waals surface area contributed by atoms with Crippen LogP contribution in [-0.4, -0.2) is 52.6 Å². The number of β-amino-alcohol motifs (C(OH)–C–C–N with tert-alkyl or cyclic N) is 1. The summed E-state index contributed by atoms with van der Waals surface area (Å²) in [6, 6.07) is 0. The van der Waals surface area contributed by atoms with E-state index in [1.165, 1.54) is 8.99 Å². The Balaban J connectivity index is 2.35. The minimum atomic E-state index is -3.79. The van der Waals surface area contributed by atoms with Crippen LogP contribution in [0.5, 0.6) is 0 Å². The highest BCUT2D eigenvalue weighted by atomic mass is 32.2. The maximum Gasteiger partial charge on any atom is 0.246 e. The van der Waals surface area contributed by atoms with Crippen LogP contribution in [0.15, 0.2) is 4.90 Å². The third kappa shape index (κ3) is 3.99. The molecule has 1 aliphatic heterocycles. The predicted octanol–water partition coefficient (Wildman–Crippen LogP) is 0.922. The summed E-state index contributed by atoms with van der Waals surface area (Å²) in [6.45, 7) is 3.48. The van der Waals surface area contributed by atoms with Crippen LogP contribution < -0.4 is 0 Å². The molecular formula is C15H25N3O4S. The fourth-order valence-corrected chi connectivity index (χ4v) is 4.85. The van der Waals surface area contributed by atoms with Crippen molar-refractivity contribution in [1.82, 2.24) is 14.1 Å². The number of carbonyl (C=O) groups is 1. The van der Waals surface area contributed by atoms with E-state index in [2.05, 4.69) is 5.10 Å². The number of aliphatic hydroxyl groups is 1. The zero-order valence-electron chi connectivity index (χ0n) is 13.9. The van der Waals surface area contributed by atoms with E-state index in [4.69, 9.17) is 0 Å². The normalized spacial score (nSPS) is 22.3. The second kappa shape index (κ2) is 7.11. The largest absolute Gasteiger partial charge is 0.392 e. The Kier molecular flexibility index (Phi) is 5.59. The van der Waals surface area contributed by atoms with Crippen molar-refractivity contribution in [1.29, 1.82) is 0 Å². The fourth-order valence-electron chi connectivity index (χ4n) is 2.97. The van der Waals surface area contributed by atoms with E-state index in [9.17, 15) is 18.3 Å². The number of carbonyl (C=O) groups excluding carboxylic acids is 1. The lowest BCUT2D eigenvalue weighted by Gasteiger charge is -2.25. The number of hydrogen-bond donors (Lipinski definition) is 1. The van der Waals surface area contributed by atoms with Crippen LogP contribution in [0.4, 0.5) is 0 Å². The number of aryl methyl sites for hydroxylation is 2. The van der Waals surface area contributed by atoms with Crippen molar-refractivity contribution in [2.75, 3.05) is 13.1 Å². The lowest BCUT2D eigenvalue weighted by molar-refractivity contribution is -0.119. The molecule has 2 heterocycles. The highest BCUT2D eigenvalue weighted by Gasteiger charge is 2.32. The Morgan fingerprint density at radius 1 is 1.22 bits per heavy atom. The Morgan fingerprint density at radius 2 is 1.91 bits per heavy atom. The number of ketones is 1. The van der Waals surface area contributed by atoms with E-state index in [1.54, 1.807) is 20.9 Å². The summed E-state index contributed by atoms with van der Waals surface area (Å²) < 4.78 is 28.8. The fraction of sp³-hybridized carbons (Fsp3) is 0.733. The topological polar surface area (TPSA) is 92.5 Å². The first-order valence-electron chi connectivity index (χ1n) is 7.93. The van der Waals surface area contributed by atoms with E-state index < -0.39 is 16.1 Å². The summed E-state index contributed by atoms with van der Waals surface area (Å²) in [5, 5.41) is 14.3. The average Bonchev–Trinajstić information content (AvgIpc) is 2.72. The zero-order chi connectivity index (χ0) is 17.2. The number of nitrogens with zero attached hydrogens (tertiary/aromatic N) is 3. The van der Waals surface area contributed by atoms with E-state index in [0.29, 0.717) is 24.2 Å². The first-order chi connectivity index (χ1) is 10.7. The Bertz CT molecular complexity index is 681. The molecule has 0 bridgehead atoms.